The number of carbonyl (C=O) groups excluding carboxylic acids is 1. The number of carbonyl (C=O) groups is 1. The number of ether oxygens (including phenoxy) is 1. The van der Waals surface area contributed by atoms with Gasteiger partial charge in [-0.1, -0.05) is 25.1 Å². The quantitative estimate of drug-likeness (QED) is 0.773. The molecule has 18 heavy (non-hydrogen) atoms. The van der Waals surface area contributed by atoms with Crippen molar-refractivity contribution in [1.29, 1.82) is 0 Å². The summed E-state index contributed by atoms with van der Waals surface area (Å²) in [6, 6.07) is 7.60. The zero-order valence-corrected chi connectivity index (χ0v) is 11.7. The molecule has 100 valence electrons. The topological polar surface area (TPSA) is 38.3 Å². The summed E-state index contributed by atoms with van der Waals surface area (Å²) in [6.45, 7) is 2.52. The van der Waals surface area contributed by atoms with Crippen LogP contribution in [0.5, 0.6) is 0 Å². The van der Waals surface area contributed by atoms with E-state index in [1.165, 1.54) is 0 Å². The smallest absolute Gasteiger partial charge is 0.251 e. The van der Waals surface area contributed by atoms with Gasteiger partial charge in [-0.15, -0.1) is 11.6 Å². The number of benzene rings is 1. The van der Waals surface area contributed by atoms with Crippen LogP contribution in [-0.4, -0.2) is 31.5 Å². The molecule has 0 bridgehead atoms. The lowest BCUT2D eigenvalue weighted by Crippen LogP contribution is -2.38. The first-order valence-corrected chi connectivity index (χ1v) is 6.70. The summed E-state index contributed by atoms with van der Waals surface area (Å²) in [5.41, 5.74) is 1.78. The summed E-state index contributed by atoms with van der Waals surface area (Å²) >= 11 is 5.71. The van der Waals surface area contributed by atoms with Gasteiger partial charge < -0.3 is 10.1 Å². The molecule has 3 nitrogen and oxygen atoms in total. The molecule has 1 unspecified atom stereocenters. The number of alkyl halides is 1. The van der Waals surface area contributed by atoms with Gasteiger partial charge in [0.15, 0.2) is 0 Å². The van der Waals surface area contributed by atoms with E-state index in [1.54, 1.807) is 7.11 Å². The lowest BCUT2D eigenvalue weighted by molar-refractivity contribution is 0.0894. The Morgan fingerprint density at radius 3 is 2.78 bits per heavy atom. The average molecular weight is 270 g/mol. The van der Waals surface area contributed by atoms with Crippen LogP contribution in [0.1, 0.15) is 29.3 Å². The van der Waals surface area contributed by atoms with Crippen molar-refractivity contribution >= 4 is 17.5 Å². The van der Waals surface area contributed by atoms with Gasteiger partial charge >= 0.3 is 0 Å². The van der Waals surface area contributed by atoms with Gasteiger partial charge in [-0.05, 0) is 24.5 Å². The summed E-state index contributed by atoms with van der Waals surface area (Å²) in [7, 11) is 1.62. The Kier molecular flexibility index (Phi) is 6.76. The molecule has 0 aliphatic rings. The van der Waals surface area contributed by atoms with Crippen molar-refractivity contribution in [3.8, 4) is 0 Å². The maximum atomic E-state index is 12.2. The van der Waals surface area contributed by atoms with Crippen LogP contribution in [0.25, 0.3) is 0 Å². The fraction of sp³-hybridized carbons (Fsp3) is 0.500. The van der Waals surface area contributed by atoms with Crippen LogP contribution in [-0.2, 0) is 11.2 Å². The molecule has 0 heterocycles. The van der Waals surface area contributed by atoms with Crippen molar-refractivity contribution in [2.24, 2.45) is 0 Å². The largest absolute Gasteiger partial charge is 0.383 e. The number of rotatable bonds is 7. The minimum absolute atomic E-state index is 0.0371. The molecule has 4 heteroatoms. The van der Waals surface area contributed by atoms with Crippen LogP contribution >= 0.6 is 11.6 Å². The third kappa shape index (κ3) is 4.31. The SMILES string of the molecule is CCc1ccccc1C(=O)NC(CCCl)COC. The zero-order valence-electron chi connectivity index (χ0n) is 10.9. The fourth-order valence-corrected chi connectivity index (χ4v) is 2.11. The second-order valence-corrected chi connectivity index (χ2v) is 4.49. The van der Waals surface area contributed by atoms with Crippen LogP contribution in [0.4, 0.5) is 0 Å². The average Bonchev–Trinajstić information content (AvgIpc) is 2.39. The van der Waals surface area contributed by atoms with E-state index < -0.39 is 0 Å². The van der Waals surface area contributed by atoms with Crippen LogP contribution in [0.15, 0.2) is 24.3 Å². The van der Waals surface area contributed by atoms with E-state index in [0.29, 0.717) is 18.9 Å². The Balaban J connectivity index is 2.73. The maximum absolute atomic E-state index is 12.2. The van der Waals surface area contributed by atoms with E-state index in [9.17, 15) is 4.79 Å². The molecule has 0 saturated carbocycles. The molecule has 1 atom stereocenters. The molecule has 0 aliphatic carbocycles. The molecular formula is C14H20ClNO2. The highest BCUT2D eigenvalue weighted by atomic mass is 35.5. The summed E-state index contributed by atoms with van der Waals surface area (Å²) < 4.78 is 5.08. The van der Waals surface area contributed by atoms with Gasteiger partial charge in [-0.3, -0.25) is 4.79 Å². The molecule has 1 aromatic rings. The van der Waals surface area contributed by atoms with E-state index in [1.807, 2.05) is 31.2 Å². The first kappa shape index (κ1) is 15.0. The Labute approximate surface area is 113 Å². The zero-order chi connectivity index (χ0) is 13.4. The number of hydrogen-bond donors (Lipinski definition) is 1. The standard InChI is InChI=1S/C14H20ClNO2/c1-3-11-6-4-5-7-13(11)14(17)16-12(8-9-15)10-18-2/h4-7,12H,3,8-10H2,1-2H3,(H,16,17). The van der Waals surface area contributed by atoms with Crippen LogP contribution in [0, 0.1) is 0 Å². The van der Waals surface area contributed by atoms with E-state index in [0.717, 1.165) is 17.5 Å². The second kappa shape index (κ2) is 8.11. The second-order valence-electron chi connectivity index (χ2n) is 4.11. The maximum Gasteiger partial charge on any atom is 0.251 e. The highest BCUT2D eigenvalue weighted by Gasteiger charge is 2.15. The number of methoxy groups -OCH3 is 1. The van der Waals surface area contributed by atoms with Crippen molar-refractivity contribution in [3.63, 3.8) is 0 Å². The minimum Gasteiger partial charge on any atom is -0.383 e. The van der Waals surface area contributed by atoms with Crippen LogP contribution in [0.3, 0.4) is 0 Å². The lowest BCUT2D eigenvalue weighted by Gasteiger charge is -2.17. The Morgan fingerprint density at radius 2 is 2.17 bits per heavy atom. The van der Waals surface area contributed by atoms with Crippen molar-refractivity contribution in [2.45, 2.75) is 25.8 Å². The Hall–Kier alpha value is -1.06. The molecule has 1 aromatic carbocycles. The van der Waals surface area contributed by atoms with Gasteiger partial charge in [0.25, 0.3) is 5.91 Å². The predicted octanol–water partition coefficient (Wildman–Crippen LogP) is 2.62. The number of halogens is 1. The van der Waals surface area contributed by atoms with Crippen molar-refractivity contribution < 1.29 is 9.53 Å². The summed E-state index contributed by atoms with van der Waals surface area (Å²) in [6.07, 6.45) is 1.55. The Morgan fingerprint density at radius 1 is 1.44 bits per heavy atom. The van der Waals surface area contributed by atoms with Gasteiger partial charge in [-0.25, -0.2) is 0 Å². The highest BCUT2D eigenvalue weighted by Crippen LogP contribution is 2.10. The third-order valence-corrected chi connectivity index (χ3v) is 3.02. The third-order valence-electron chi connectivity index (χ3n) is 2.80. The lowest BCUT2D eigenvalue weighted by atomic mass is 10.0. The highest BCUT2D eigenvalue weighted by molar-refractivity contribution is 6.17. The number of aryl methyl sites for hydroxylation is 1. The van der Waals surface area contributed by atoms with E-state index in [4.69, 9.17) is 16.3 Å². The van der Waals surface area contributed by atoms with E-state index >= 15 is 0 Å². The Bertz CT molecular complexity index is 376. The summed E-state index contributed by atoms with van der Waals surface area (Å²) in [5, 5.41) is 2.96. The minimum atomic E-state index is -0.0559. The van der Waals surface area contributed by atoms with Gasteiger partial charge in [0.1, 0.15) is 0 Å². The molecule has 0 saturated heterocycles. The molecule has 1 amide bonds. The molecular weight excluding hydrogens is 250 g/mol. The molecule has 1 rings (SSSR count). The molecule has 1 N–H and O–H groups in total. The van der Waals surface area contributed by atoms with Gasteiger partial charge in [-0.2, -0.15) is 0 Å². The number of hydrogen-bond acceptors (Lipinski definition) is 2. The van der Waals surface area contributed by atoms with Crippen molar-refractivity contribution in [2.75, 3.05) is 19.6 Å². The molecule has 0 radical (unpaired) electrons. The van der Waals surface area contributed by atoms with Crippen molar-refractivity contribution in [1.82, 2.24) is 5.32 Å². The fourth-order valence-electron chi connectivity index (χ4n) is 1.84. The van der Waals surface area contributed by atoms with E-state index in [-0.39, 0.29) is 11.9 Å². The molecule has 0 aromatic heterocycles. The van der Waals surface area contributed by atoms with Gasteiger partial charge in [0.2, 0.25) is 0 Å². The van der Waals surface area contributed by atoms with E-state index in [2.05, 4.69) is 5.32 Å². The monoisotopic (exact) mass is 269 g/mol. The summed E-state index contributed by atoms with van der Waals surface area (Å²) in [5.74, 6) is 0.448. The first-order valence-electron chi connectivity index (χ1n) is 6.16. The van der Waals surface area contributed by atoms with Gasteiger partial charge in [0.05, 0.1) is 12.6 Å². The molecule has 0 aliphatic heterocycles. The number of nitrogens with one attached hydrogen (secondary N) is 1. The van der Waals surface area contributed by atoms with Crippen LogP contribution in [0.2, 0.25) is 0 Å². The van der Waals surface area contributed by atoms with Crippen molar-refractivity contribution in [3.05, 3.63) is 35.4 Å². The van der Waals surface area contributed by atoms with Gasteiger partial charge in [0, 0.05) is 18.6 Å². The molecule has 0 fully saturated rings. The van der Waals surface area contributed by atoms with Crippen LogP contribution < -0.4 is 5.32 Å². The normalized spacial score (nSPS) is 12.2. The summed E-state index contributed by atoms with van der Waals surface area (Å²) in [4.78, 5) is 12.2. The molecule has 0 spiro atoms. The predicted molar refractivity (Wildman–Crippen MR) is 74.3 cm³/mol. The number of amides is 1. The first-order chi connectivity index (χ1) is 8.72.